The summed E-state index contributed by atoms with van der Waals surface area (Å²) in [5.41, 5.74) is 0. The lowest BCUT2D eigenvalue weighted by atomic mass is 10.1. The van der Waals surface area contributed by atoms with Crippen LogP contribution in [0.25, 0.3) is 0 Å². The maximum atomic E-state index is 11.8. The lowest BCUT2D eigenvalue weighted by Crippen LogP contribution is -2.40. The average molecular weight is 253 g/mol. The van der Waals surface area contributed by atoms with Crippen LogP contribution in [0.15, 0.2) is 12.7 Å². The number of carboxylic acids is 1. The molecule has 1 amide bonds. The van der Waals surface area contributed by atoms with E-state index < -0.39 is 36.9 Å². The molecular weight excluding hydrogens is 239 g/mol. The van der Waals surface area contributed by atoms with Gasteiger partial charge in [-0.1, -0.05) is 6.08 Å². The van der Waals surface area contributed by atoms with Crippen molar-refractivity contribution in [3.8, 4) is 0 Å². The Labute approximate surface area is 96.5 Å². The number of aliphatic carboxylic acids is 1. The van der Waals surface area contributed by atoms with Gasteiger partial charge < -0.3 is 10.4 Å². The van der Waals surface area contributed by atoms with Gasteiger partial charge in [-0.2, -0.15) is 13.2 Å². The fraction of sp³-hybridized carbons (Fsp3) is 0.600. The Morgan fingerprint density at radius 1 is 1.41 bits per heavy atom. The van der Waals surface area contributed by atoms with Gasteiger partial charge in [0.2, 0.25) is 5.91 Å². The molecule has 0 spiro atoms. The fourth-order valence-corrected chi connectivity index (χ4v) is 1.06. The van der Waals surface area contributed by atoms with Crippen molar-refractivity contribution in [2.75, 3.05) is 0 Å². The first kappa shape index (κ1) is 15.5. The van der Waals surface area contributed by atoms with Gasteiger partial charge in [0.05, 0.1) is 6.42 Å². The highest BCUT2D eigenvalue weighted by Crippen LogP contribution is 2.21. The molecule has 0 rings (SSSR count). The highest BCUT2D eigenvalue weighted by Gasteiger charge is 2.28. The maximum Gasteiger partial charge on any atom is 0.389 e. The lowest BCUT2D eigenvalue weighted by Gasteiger charge is -2.14. The van der Waals surface area contributed by atoms with Crippen LogP contribution in [0.3, 0.4) is 0 Å². The second-order valence-corrected chi connectivity index (χ2v) is 3.44. The Morgan fingerprint density at radius 2 is 2.00 bits per heavy atom. The summed E-state index contributed by atoms with van der Waals surface area (Å²) in [6.07, 6.45) is -4.50. The maximum absolute atomic E-state index is 11.8. The summed E-state index contributed by atoms with van der Waals surface area (Å²) in [5, 5.41) is 10.7. The Kier molecular flexibility index (Phi) is 6.30. The summed E-state index contributed by atoms with van der Waals surface area (Å²) >= 11 is 0. The van der Waals surface area contributed by atoms with Gasteiger partial charge in [0, 0.05) is 6.42 Å². The first-order valence-electron chi connectivity index (χ1n) is 4.96. The van der Waals surface area contributed by atoms with E-state index in [0.29, 0.717) is 6.42 Å². The molecule has 0 fully saturated rings. The third-order valence-electron chi connectivity index (χ3n) is 1.93. The zero-order valence-corrected chi connectivity index (χ0v) is 9.09. The number of allylic oxidation sites excluding steroid dienone is 1. The molecule has 0 saturated heterocycles. The van der Waals surface area contributed by atoms with E-state index in [4.69, 9.17) is 5.11 Å². The third kappa shape index (κ3) is 8.29. The smallest absolute Gasteiger partial charge is 0.389 e. The molecular formula is C10H14F3NO3. The van der Waals surface area contributed by atoms with Gasteiger partial charge in [0.1, 0.15) is 6.04 Å². The second-order valence-electron chi connectivity index (χ2n) is 3.44. The molecule has 17 heavy (non-hydrogen) atoms. The highest BCUT2D eigenvalue weighted by molar-refractivity contribution is 5.83. The molecule has 0 aliphatic rings. The Bertz CT molecular complexity index is 289. The van der Waals surface area contributed by atoms with Crippen molar-refractivity contribution in [3.63, 3.8) is 0 Å². The summed E-state index contributed by atoms with van der Waals surface area (Å²) in [6.45, 7) is 3.39. The zero-order valence-electron chi connectivity index (χ0n) is 9.09. The van der Waals surface area contributed by atoms with E-state index in [1.807, 2.05) is 5.32 Å². The summed E-state index contributed by atoms with van der Waals surface area (Å²) in [5.74, 6) is -2.19. The number of carbonyl (C=O) groups is 2. The molecule has 0 radical (unpaired) electrons. The van der Waals surface area contributed by atoms with Crippen molar-refractivity contribution in [3.05, 3.63) is 12.7 Å². The minimum absolute atomic E-state index is 0.108. The zero-order chi connectivity index (χ0) is 13.5. The first-order chi connectivity index (χ1) is 7.76. The van der Waals surface area contributed by atoms with Gasteiger partial charge in [-0.3, -0.25) is 4.79 Å². The molecule has 1 unspecified atom stereocenters. The van der Waals surface area contributed by atoms with E-state index in [-0.39, 0.29) is 6.42 Å². The second kappa shape index (κ2) is 6.93. The Morgan fingerprint density at radius 3 is 2.41 bits per heavy atom. The first-order valence-corrected chi connectivity index (χ1v) is 4.96. The molecule has 0 aliphatic heterocycles. The lowest BCUT2D eigenvalue weighted by molar-refractivity contribution is -0.146. The van der Waals surface area contributed by atoms with Gasteiger partial charge in [-0.25, -0.2) is 4.79 Å². The normalized spacial score (nSPS) is 12.9. The number of hydrogen-bond acceptors (Lipinski definition) is 2. The van der Waals surface area contributed by atoms with Gasteiger partial charge in [-0.15, -0.1) is 6.58 Å². The van der Waals surface area contributed by atoms with E-state index in [0.717, 1.165) is 0 Å². The number of hydrogen-bond donors (Lipinski definition) is 2. The van der Waals surface area contributed by atoms with E-state index >= 15 is 0 Å². The number of nitrogens with one attached hydrogen (secondary N) is 1. The molecule has 0 aromatic rings. The summed E-state index contributed by atoms with van der Waals surface area (Å²) in [4.78, 5) is 21.7. The van der Waals surface area contributed by atoms with Crippen LogP contribution in [0.4, 0.5) is 13.2 Å². The molecule has 98 valence electrons. The fourth-order valence-electron chi connectivity index (χ4n) is 1.06. The molecule has 0 aliphatic carbocycles. The Balaban J connectivity index is 4.12. The molecule has 2 N–H and O–H groups in total. The Hall–Kier alpha value is -1.53. The van der Waals surface area contributed by atoms with Crippen LogP contribution in [0.2, 0.25) is 0 Å². The van der Waals surface area contributed by atoms with Crippen molar-refractivity contribution in [1.29, 1.82) is 0 Å². The topological polar surface area (TPSA) is 66.4 Å². The van der Waals surface area contributed by atoms with E-state index in [9.17, 15) is 22.8 Å². The van der Waals surface area contributed by atoms with Crippen LogP contribution in [0.1, 0.15) is 25.7 Å². The predicted octanol–water partition coefficient (Wildman–Crippen LogP) is 1.86. The van der Waals surface area contributed by atoms with Crippen molar-refractivity contribution >= 4 is 11.9 Å². The predicted molar refractivity (Wildman–Crippen MR) is 54.3 cm³/mol. The number of rotatable bonds is 7. The van der Waals surface area contributed by atoms with E-state index in [2.05, 4.69) is 6.58 Å². The molecule has 0 saturated carbocycles. The van der Waals surface area contributed by atoms with Crippen LogP contribution in [-0.4, -0.2) is 29.2 Å². The van der Waals surface area contributed by atoms with Crippen LogP contribution in [0, 0.1) is 0 Å². The van der Waals surface area contributed by atoms with E-state index in [1.165, 1.54) is 6.08 Å². The standard InChI is InChI=1S/C10H14F3NO3/c1-2-3-4-7(9(16)17)14-8(15)5-6-10(11,12)13/h2,7H,1,3-6H2,(H,14,15)(H,16,17). The molecule has 0 aromatic carbocycles. The van der Waals surface area contributed by atoms with E-state index in [1.54, 1.807) is 0 Å². The van der Waals surface area contributed by atoms with Crippen molar-refractivity contribution in [1.82, 2.24) is 5.32 Å². The highest BCUT2D eigenvalue weighted by atomic mass is 19.4. The molecule has 0 heterocycles. The third-order valence-corrected chi connectivity index (χ3v) is 1.93. The largest absolute Gasteiger partial charge is 0.480 e. The summed E-state index contributed by atoms with van der Waals surface area (Å²) in [6, 6.07) is -1.17. The van der Waals surface area contributed by atoms with Gasteiger partial charge in [0.15, 0.2) is 0 Å². The van der Waals surface area contributed by atoms with Crippen molar-refractivity contribution < 1.29 is 27.9 Å². The quantitative estimate of drug-likeness (QED) is 0.680. The molecule has 0 bridgehead atoms. The van der Waals surface area contributed by atoms with Crippen LogP contribution < -0.4 is 5.32 Å². The van der Waals surface area contributed by atoms with Crippen LogP contribution >= 0.6 is 0 Å². The van der Waals surface area contributed by atoms with Crippen LogP contribution in [-0.2, 0) is 9.59 Å². The molecule has 4 nitrogen and oxygen atoms in total. The molecule has 1 atom stereocenters. The number of halogens is 3. The number of alkyl halides is 3. The van der Waals surface area contributed by atoms with Gasteiger partial charge >= 0.3 is 12.1 Å². The number of carboxylic acid groups (broad SMARTS) is 1. The minimum atomic E-state index is -4.42. The summed E-state index contributed by atoms with van der Waals surface area (Å²) < 4.78 is 35.4. The number of amides is 1. The summed E-state index contributed by atoms with van der Waals surface area (Å²) in [7, 11) is 0. The van der Waals surface area contributed by atoms with Crippen molar-refractivity contribution in [2.24, 2.45) is 0 Å². The monoisotopic (exact) mass is 253 g/mol. The van der Waals surface area contributed by atoms with Gasteiger partial charge in [0.25, 0.3) is 0 Å². The molecule has 0 aromatic heterocycles. The number of carbonyl (C=O) groups excluding carboxylic acids is 1. The van der Waals surface area contributed by atoms with Gasteiger partial charge in [-0.05, 0) is 12.8 Å². The van der Waals surface area contributed by atoms with Crippen molar-refractivity contribution in [2.45, 2.75) is 37.9 Å². The van der Waals surface area contributed by atoms with Crippen LogP contribution in [0.5, 0.6) is 0 Å². The minimum Gasteiger partial charge on any atom is -0.480 e. The molecule has 7 heteroatoms. The SMILES string of the molecule is C=CCCC(NC(=O)CCC(F)(F)F)C(=O)O. The average Bonchev–Trinajstić information content (AvgIpc) is 2.19.